The van der Waals surface area contributed by atoms with Crippen molar-refractivity contribution in [3.63, 3.8) is 0 Å². The van der Waals surface area contributed by atoms with Crippen molar-refractivity contribution in [3.05, 3.63) is 53.3 Å². The lowest BCUT2D eigenvalue weighted by atomic mass is 10.2. The molecule has 1 aromatic carbocycles. The molecule has 2 aromatic rings. The SMILES string of the molecule is Cc1cccnc1CN1CCN(CC(=O)NCc2ccc3c(c2)OCO3)CC1. The first kappa shape index (κ1) is 18.7. The number of pyridine rings is 1. The van der Waals surface area contributed by atoms with E-state index in [-0.39, 0.29) is 12.7 Å². The number of benzene rings is 1. The minimum absolute atomic E-state index is 0.0479. The Morgan fingerprint density at radius 3 is 2.71 bits per heavy atom. The molecular formula is C21H26N4O3. The van der Waals surface area contributed by atoms with Gasteiger partial charge in [-0.1, -0.05) is 12.1 Å². The highest BCUT2D eigenvalue weighted by Gasteiger charge is 2.20. The third-order valence-electron chi connectivity index (χ3n) is 5.25. The molecule has 1 aromatic heterocycles. The molecule has 1 N–H and O–H groups in total. The number of carbonyl (C=O) groups excluding carboxylic acids is 1. The molecule has 7 heteroatoms. The van der Waals surface area contributed by atoms with Crippen molar-refractivity contribution in [2.45, 2.75) is 20.0 Å². The second-order valence-corrected chi connectivity index (χ2v) is 7.28. The highest BCUT2D eigenvalue weighted by atomic mass is 16.7. The van der Waals surface area contributed by atoms with Gasteiger partial charge in [0.15, 0.2) is 11.5 Å². The van der Waals surface area contributed by atoms with Crippen LogP contribution in [0.2, 0.25) is 0 Å². The van der Waals surface area contributed by atoms with Gasteiger partial charge in [0.25, 0.3) is 0 Å². The van der Waals surface area contributed by atoms with E-state index >= 15 is 0 Å². The Morgan fingerprint density at radius 1 is 1.11 bits per heavy atom. The van der Waals surface area contributed by atoms with Gasteiger partial charge in [-0.3, -0.25) is 19.6 Å². The van der Waals surface area contributed by atoms with Crippen LogP contribution in [0.15, 0.2) is 36.5 Å². The molecule has 0 spiro atoms. The maximum Gasteiger partial charge on any atom is 0.234 e. The van der Waals surface area contributed by atoms with Crippen molar-refractivity contribution in [2.24, 2.45) is 0 Å². The average Bonchev–Trinajstić information content (AvgIpc) is 3.17. The molecule has 2 aliphatic rings. The number of fused-ring (bicyclic) bond motifs is 1. The van der Waals surface area contributed by atoms with Crippen LogP contribution in [0, 0.1) is 6.92 Å². The van der Waals surface area contributed by atoms with Gasteiger partial charge in [0.2, 0.25) is 12.7 Å². The van der Waals surface area contributed by atoms with E-state index in [1.54, 1.807) is 0 Å². The number of hydrogen-bond acceptors (Lipinski definition) is 6. The summed E-state index contributed by atoms with van der Waals surface area (Å²) >= 11 is 0. The average molecular weight is 382 g/mol. The number of nitrogens with one attached hydrogen (secondary N) is 1. The van der Waals surface area contributed by atoms with E-state index in [9.17, 15) is 4.79 Å². The summed E-state index contributed by atoms with van der Waals surface area (Å²) in [6.07, 6.45) is 1.85. The van der Waals surface area contributed by atoms with E-state index in [1.165, 1.54) is 5.56 Å². The Bertz CT molecular complexity index is 834. The maximum atomic E-state index is 12.3. The zero-order valence-electron chi connectivity index (χ0n) is 16.2. The van der Waals surface area contributed by atoms with Crippen molar-refractivity contribution < 1.29 is 14.3 Å². The van der Waals surface area contributed by atoms with Crippen LogP contribution in [0.4, 0.5) is 0 Å². The van der Waals surface area contributed by atoms with Crippen LogP contribution >= 0.6 is 0 Å². The minimum Gasteiger partial charge on any atom is -0.454 e. The molecule has 3 heterocycles. The monoisotopic (exact) mass is 382 g/mol. The van der Waals surface area contributed by atoms with Crippen molar-refractivity contribution >= 4 is 5.91 Å². The number of aryl methyl sites for hydroxylation is 1. The van der Waals surface area contributed by atoms with Gasteiger partial charge in [-0.15, -0.1) is 0 Å². The second kappa shape index (κ2) is 8.58. The molecule has 28 heavy (non-hydrogen) atoms. The van der Waals surface area contributed by atoms with Crippen LogP contribution in [0.25, 0.3) is 0 Å². The minimum atomic E-state index is 0.0479. The Labute approximate surface area is 165 Å². The number of rotatable bonds is 6. The molecule has 7 nitrogen and oxygen atoms in total. The Balaban J connectivity index is 1.19. The van der Waals surface area contributed by atoms with Crippen molar-refractivity contribution in [2.75, 3.05) is 39.5 Å². The smallest absolute Gasteiger partial charge is 0.234 e. The summed E-state index contributed by atoms with van der Waals surface area (Å²) < 4.78 is 10.7. The quantitative estimate of drug-likeness (QED) is 0.818. The predicted octanol–water partition coefficient (Wildman–Crippen LogP) is 1.55. The van der Waals surface area contributed by atoms with Gasteiger partial charge in [0.1, 0.15) is 0 Å². The topological polar surface area (TPSA) is 66.9 Å². The van der Waals surface area contributed by atoms with Gasteiger partial charge in [-0.2, -0.15) is 0 Å². The molecule has 0 aliphatic carbocycles. The Kier molecular flexibility index (Phi) is 5.73. The Hall–Kier alpha value is -2.64. The van der Waals surface area contributed by atoms with Crippen LogP contribution in [0.1, 0.15) is 16.8 Å². The molecule has 0 atom stereocenters. The molecule has 0 radical (unpaired) electrons. The standard InChI is InChI=1S/C21H26N4O3/c1-16-3-2-6-22-18(16)13-24-7-9-25(10-8-24)14-21(26)23-12-17-4-5-19-20(11-17)28-15-27-19/h2-6,11H,7-10,12-15H2,1H3,(H,23,26). The van der Waals surface area contributed by atoms with Crippen molar-refractivity contribution in [1.82, 2.24) is 20.1 Å². The number of nitrogens with zero attached hydrogens (tertiary/aromatic N) is 3. The maximum absolute atomic E-state index is 12.3. The molecule has 1 amide bonds. The molecule has 1 fully saturated rings. The molecule has 0 bridgehead atoms. The number of ether oxygens (including phenoxy) is 2. The fraction of sp³-hybridized carbons (Fsp3) is 0.429. The summed E-state index contributed by atoms with van der Waals surface area (Å²) in [5.74, 6) is 1.55. The lowest BCUT2D eigenvalue weighted by Gasteiger charge is -2.34. The third kappa shape index (κ3) is 4.61. The summed E-state index contributed by atoms with van der Waals surface area (Å²) in [6.45, 7) is 7.84. The van der Waals surface area contributed by atoms with Gasteiger partial charge < -0.3 is 14.8 Å². The third-order valence-corrected chi connectivity index (χ3v) is 5.25. The predicted molar refractivity (Wildman–Crippen MR) is 105 cm³/mol. The van der Waals surface area contributed by atoms with Crippen LogP contribution in [0.5, 0.6) is 11.5 Å². The molecule has 0 unspecified atom stereocenters. The summed E-state index contributed by atoms with van der Waals surface area (Å²) in [5, 5.41) is 3.00. The largest absolute Gasteiger partial charge is 0.454 e. The highest BCUT2D eigenvalue weighted by molar-refractivity contribution is 5.78. The van der Waals surface area contributed by atoms with Gasteiger partial charge >= 0.3 is 0 Å². The van der Waals surface area contributed by atoms with Gasteiger partial charge in [-0.25, -0.2) is 0 Å². The van der Waals surface area contributed by atoms with Crippen LogP contribution in [-0.4, -0.2) is 60.2 Å². The van der Waals surface area contributed by atoms with E-state index < -0.39 is 0 Å². The van der Waals surface area contributed by atoms with Crippen molar-refractivity contribution in [3.8, 4) is 11.5 Å². The zero-order chi connectivity index (χ0) is 19.3. The van der Waals surface area contributed by atoms with E-state index in [0.29, 0.717) is 13.1 Å². The van der Waals surface area contributed by atoms with E-state index in [4.69, 9.17) is 9.47 Å². The number of amides is 1. The van der Waals surface area contributed by atoms with Crippen LogP contribution in [-0.2, 0) is 17.9 Å². The van der Waals surface area contributed by atoms with E-state index in [1.807, 2.05) is 30.5 Å². The lowest BCUT2D eigenvalue weighted by Crippen LogP contribution is -2.49. The van der Waals surface area contributed by atoms with Crippen LogP contribution in [0.3, 0.4) is 0 Å². The molecular weight excluding hydrogens is 356 g/mol. The Morgan fingerprint density at radius 2 is 1.89 bits per heavy atom. The number of piperazine rings is 1. The van der Waals surface area contributed by atoms with Gasteiger partial charge in [-0.05, 0) is 36.2 Å². The fourth-order valence-electron chi connectivity index (χ4n) is 3.51. The molecule has 148 valence electrons. The summed E-state index contributed by atoms with van der Waals surface area (Å²) in [5.41, 5.74) is 3.37. The molecule has 1 saturated heterocycles. The van der Waals surface area contributed by atoms with Crippen LogP contribution < -0.4 is 14.8 Å². The summed E-state index contributed by atoms with van der Waals surface area (Å²) in [4.78, 5) is 21.4. The fourth-order valence-corrected chi connectivity index (χ4v) is 3.51. The number of aromatic nitrogens is 1. The number of hydrogen-bond donors (Lipinski definition) is 1. The summed E-state index contributed by atoms with van der Waals surface area (Å²) in [7, 11) is 0. The van der Waals surface area contributed by atoms with Gasteiger partial charge in [0, 0.05) is 45.5 Å². The zero-order valence-corrected chi connectivity index (χ0v) is 16.2. The second-order valence-electron chi connectivity index (χ2n) is 7.28. The van der Waals surface area contributed by atoms with E-state index in [2.05, 4.69) is 33.1 Å². The van der Waals surface area contributed by atoms with E-state index in [0.717, 1.165) is 55.5 Å². The summed E-state index contributed by atoms with van der Waals surface area (Å²) in [6, 6.07) is 9.82. The first-order valence-corrected chi connectivity index (χ1v) is 9.68. The van der Waals surface area contributed by atoms with Gasteiger partial charge in [0.05, 0.1) is 12.2 Å². The normalized spacial score (nSPS) is 16.9. The lowest BCUT2D eigenvalue weighted by molar-refractivity contribution is -0.122. The molecule has 2 aliphatic heterocycles. The highest BCUT2D eigenvalue weighted by Crippen LogP contribution is 2.32. The first-order valence-electron chi connectivity index (χ1n) is 9.68. The van der Waals surface area contributed by atoms with Crippen molar-refractivity contribution in [1.29, 1.82) is 0 Å². The molecule has 4 rings (SSSR count). The first-order chi connectivity index (χ1) is 13.7. The number of carbonyl (C=O) groups is 1. The molecule has 0 saturated carbocycles.